The largest absolute Gasteiger partial charge is 0.456 e. The fourth-order valence-corrected chi connectivity index (χ4v) is 3.32. The summed E-state index contributed by atoms with van der Waals surface area (Å²) >= 11 is 0. The zero-order valence-corrected chi connectivity index (χ0v) is 16.7. The van der Waals surface area contributed by atoms with Crippen molar-refractivity contribution >= 4 is 23.6 Å². The number of amides is 2. The SMILES string of the molecule is CC[C@H](C)[C@@H](C(=O)OCC(=O)c1ccc(C)cc1)N1C(=O)c2ccccc2C1=O. The number of benzene rings is 2. The molecule has 2 aromatic rings. The Morgan fingerprint density at radius 2 is 1.52 bits per heavy atom. The van der Waals surface area contributed by atoms with Gasteiger partial charge in [-0.2, -0.15) is 0 Å². The molecule has 0 radical (unpaired) electrons. The number of Topliss-reactive ketones (excluding diaryl/α,β-unsaturated/α-hetero) is 1. The maximum atomic E-state index is 12.8. The molecule has 1 heterocycles. The molecule has 0 spiro atoms. The molecule has 6 nitrogen and oxygen atoms in total. The second kappa shape index (κ2) is 8.39. The third kappa shape index (κ3) is 3.97. The Kier molecular flexibility index (Phi) is 5.92. The molecule has 1 aliphatic heterocycles. The predicted octanol–water partition coefficient (Wildman–Crippen LogP) is 3.43. The van der Waals surface area contributed by atoms with E-state index in [1.165, 1.54) is 0 Å². The molecule has 1 aliphatic rings. The summed E-state index contributed by atoms with van der Waals surface area (Å²) in [6.07, 6.45) is 0.555. The van der Waals surface area contributed by atoms with Gasteiger partial charge < -0.3 is 4.74 Å². The second-order valence-corrected chi connectivity index (χ2v) is 7.25. The molecule has 2 amide bonds. The summed E-state index contributed by atoms with van der Waals surface area (Å²) in [5.74, 6) is -2.45. The van der Waals surface area contributed by atoms with Crippen LogP contribution in [-0.2, 0) is 9.53 Å². The van der Waals surface area contributed by atoms with E-state index < -0.39 is 30.4 Å². The van der Waals surface area contributed by atoms with Crippen molar-refractivity contribution in [3.8, 4) is 0 Å². The average Bonchev–Trinajstić information content (AvgIpc) is 2.98. The normalized spacial score (nSPS) is 15.1. The number of carbonyl (C=O) groups is 4. The first kappa shape index (κ1) is 20.5. The van der Waals surface area contributed by atoms with E-state index >= 15 is 0 Å². The van der Waals surface area contributed by atoms with Gasteiger partial charge in [-0.25, -0.2) is 4.79 Å². The molecule has 3 rings (SSSR count). The van der Waals surface area contributed by atoms with E-state index in [0.29, 0.717) is 12.0 Å². The van der Waals surface area contributed by atoms with Gasteiger partial charge in [-0.15, -0.1) is 0 Å². The Morgan fingerprint density at radius 1 is 0.966 bits per heavy atom. The lowest BCUT2D eigenvalue weighted by molar-refractivity contribution is -0.149. The quantitative estimate of drug-likeness (QED) is 0.409. The van der Waals surface area contributed by atoms with Crippen LogP contribution in [0.25, 0.3) is 0 Å². The van der Waals surface area contributed by atoms with Crippen molar-refractivity contribution in [1.29, 1.82) is 0 Å². The van der Waals surface area contributed by atoms with Gasteiger partial charge in [0.05, 0.1) is 11.1 Å². The van der Waals surface area contributed by atoms with Gasteiger partial charge in [0.15, 0.2) is 12.4 Å². The van der Waals surface area contributed by atoms with Crippen LogP contribution in [0.5, 0.6) is 0 Å². The standard InChI is InChI=1S/C23H23NO5/c1-4-15(3)20(24-21(26)17-7-5-6-8-18(17)22(24)27)23(28)29-13-19(25)16-11-9-14(2)10-12-16/h5-12,15,20H,4,13H2,1-3H3/t15-,20-/m0/s1. The van der Waals surface area contributed by atoms with Gasteiger partial charge in [-0.1, -0.05) is 62.2 Å². The van der Waals surface area contributed by atoms with Crippen LogP contribution in [0.4, 0.5) is 0 Å². The van der Waals surface area contributed by atoms with Crippen LogP contribution in [-0.4, -0.2) is 41.1 Å². The number of nitrogens with zero attached hydrogens (tertiary/aromatic N) is 1. The number of fused-ring (bicyclic) bond motifs is 1. The first-order chi connectivity index (χ1) is 13.8. The van der Waals surface area contributed by atoms with E-state index in [1.807, 2.05) is 13.8 Å². The van der Waals surface area contributed by atoms with Crippen molar-refractivity contribution in [3.63, 3.8) is 0 Å². The van der Waals surface area contributed by atoms with E-state index in [1.54, 1.807) is 55.5 Å². The highest BCUT2D eigenvalue weighted by atomic mass is 16.5. The summed E-state index contributed by atoms with van der Waals surface area (Å²) in [6, 6.07) is 12.3. The predicted molar refractivity (Wildman–Crippen MR) is 107 cm³/mol. The van der Waals surface area contributed by atoms with Gasteiger partial charge in [-0.3, -0.25) is 19.3 Å². The van der Waals surface area contributed by atoms with Gasteiger partial charge in [0.2, 0.25) is 0 Å². The molecule has 0 saturated carbocycles. The number of imide groups is 1. The molecule has 0 bridgehead atoms. The van der Waals surface area contributed by atoms with Crippen molar-refractivity contribution in [1.82, 2.24) is 4.90 Å². The van der Waals surface area contributed by atoms with Crippen LogP contribution < -0.4 is 0 Å². The Morgan fingerprint density at radius 3 is 2.03 bits per heavy atom. The van der Waals surface area contributed by atoms with Gasteiger partial charge in [0, 0.05) is 5.56 Å². The second-order valence-electron chi connectivity index (χ2n) is 7.25. The number of esters is 1. The molecule has 0 fully saturated rings. The lowest BCUT2D eigenvalue weighted by Crippen LogP contribution is -2.49. The molecule has 6 heteroatoms. The Bertz CT molecular complexity index is 928. The minimum Gasteiger partial charge on any atom is -0.456 e. The lowest BCUT2D eigenvalue weighted by Gasteiger charge is -2.28. The van der Waals surface area contributed by atoms with Crippen molar-refractivity contribution in [2.24, 2.45) is 5.92 Å². The molecule has 2 aromatic carbocycles. The van der Waals surface area contributed by atoms with Crippen LogP contribution in [0.1, 0.15) is 56.9 Å². The number of hydrogen-bond acceptors (Lipinski definition) is 5. The smallest absolute Gasteiger partial charge is 0.330 e. The van der Waals surface area contributed by atoms with E-state index in [4.69, 9.17) is 4.74 Å². The van der Waals surface area contributed by atoms with Crippen molar-refractivity contribution in [2.45, 2.75) is 33.2 Å². The highest BCUT2D eigenvalue weighted by Gasteiger charge is 2.45. The van der Waals surface area contributed by atoms with E-state index in [-0.39, 0.29) is 22.8 Å². The number of aryl methyl sites for hydroxylation is 1. The first-order valence-corrected chi connectivity index (χ1v) is 9.58. The topological polar surface area (TPSA) is 80.8 Å². The van der Waals surface area contributed by atoms with Gasteiger partial charge in [0.1, 0.15) is 6.04 Å². The lowest BCUT2D eigenvalue weighted by atomic mass is 9.97. The maximum Gasteiger partial charge on any atom is 0.330 e. The molecule has 0 saturated heterocycles. The maximum absolute atomic E-state index is 12.8. The Balaban J connectivity index is 1.78. The molecular formula is C23H23NO5. The van der Waals surface area contributed by atoms with Gasteiger partial charge >= 0.3 is 5.97 Å². The summed E-state index contributed by atoms with van der Waals surface area (Å²) in [6.45, 7) is 5.10. The number of hydrogen-bond donors (Lipinski definition) is 0. The summed E-state index contributed by atoms with van der Waals surface area (Å²) in [5, 5.41) is 0. The zero-order valence-electron chi connectivity index (χ0n) is 16.7. The number of carbonyl (C=O) groups excluding carboxylic acids is 4. The fraction of sp³-hybridized carbons (Fsp3) is 0.304. The molecule has 29 heavy (non-hydrogen) atoms. The molecule has 2 atom stereocenters. The average molecular weight is 393 g/mol. The first-order valence-electron chi connectivity index (χ1n) is 9.58. The van der Waals surface area contributed by atoms with Crippen molar-refractivity contribution in [3.05, 3.63) is 70.8 Å². The molecule has 0 aliphatic carbocycles. The summed E-state index contributed by atoms with van der Waals surface area (Å²) in [5.41, 5.74) is 1.99. The van der Waals surface area contributed by atoms with E-state index in [9.17, 15) is 19.2 Å². The van der Waals surface area contributed by atoms with Gasteiger partial charge in [0.25, 0.3) is 11.8 Å². The van der Waals surface area contributed by atoms with Crippen molar-refractivity contribution < 1.29 is 23.9 Å². The molecule has 150 valence electrons. The van der Waals surface area contributed by atoms with Gasteiger partial charge in [-0.05, 0) is 25.0 Å². The number of ether oxygens (including phenoxy) is 1. The summed E-state index contributed by atoms with van der Waals surface area (Å²) in [4.78, 5) is 51.7. The highest BCUT2D eigenvalue weighted by Crippen LogP contribution is 2.28. The summed E-state index contributed by atoms with van der Waals surface area (Å²) < 4.78 is 5.25. The number of rotatable bonds is 7. The molecular weight excluding hydrogens is 370 g/mol. The van der Waals surface area contributed by atoms with Crippen LogP contribution in [0.3, 0.4) is 0 Å². The van der Waals surface area contributed by atoms with Crippen LogP contribution in [0.2, 0.25) is 0 Å². The minimum absolute atomic E-state index is 0.273. The van der Waals surface area contributed by atoms with E-state index in [0.717, 1.165) is 10.5 Å². The summed E-state index contributed by atoms with van der Waals surface area (Å²) in [7, 11) is 0. The van der Waals surface area contributed by atoms with Crippen LogP contribution in [0.15, 0.2) is 48.5 Å². The third-order valence-electron chi connectivity index (χ3n) is 5.25. The fourth-order valence-electron chi connectivity index (χ4n) is 3.32. The molecule has 0 N–H and O–H groups in total. The molecule has 0 aromatic heterocycles. The Labute approximate surface area is 169 Å². The number of ketones is 1. The minimum atomic E-state index is -1.08. The van der Waals surface area contributed by atoms with E-state index in [2.05, 4.69) is 0 Å². The zero-order chi connectivity index (χ0) is 21.1. The third-order valence-corrected chi connectivity index (χ3v) is 5.25. The molecule has 0 unspecified atom stereocenters. The monoisotopic (exact) mass is 393 g/mol. The highest BCUT2D eigenvalue weighted by molar-refractivity contribution is 6.22. The van der Waals surface area contributed by atoms with Crippen LogP contribution >= 0.6 is 0 Å². The van der Waals surface area contributed by atoms with Crippen LogP contribution in [0, 0.1) is 12.8 Å². The van der Waals surface area contributed by atoms with Crippen molar-refractivity contribution in [2.75, 3.05) is 6.61 Å². The Hall–Kier alpha value is -3.28.